The van der Waals surface area contributed by atoms with Crippen molar-refractivity contribution in [2.24, 2.45) is 4.99 Å². The van der Waals surface area contributed by atoms with Crippen molar-refractivity contribution in [2.45, 2.75) is 39.4 Å². The van der Waals surface area contributed by atoms with E-state index in [9.17, 15) is 4.39 Å². The summed E-state index contributed by atoms with van der Waals surface area (Å²) in [5.41, 5.74) is 4.28. The van der Waals surface area contributed by atoms with Crippen molar-refractivity contribution in [2.75, 3.05) is 20.1 Å². The lowest BCUT2D eigenvalue weighted by molar-refractivity contribution is 0.331. The summed E-state index contributed by atoms with van der Waals surface area (Å²) in [5.74, 6) is 0.563. The van der Waals surface area contributed by atoms with Crippen molar-refractivity contribution in [3.05, 3.63) is 70.5 Å². The molecule has 6 heteroatoms. The summed E-state index contributed by atoms with van der Waals surface area (Å²) in [4.78, 5) is 6.77. The smallest absolute Gasteiger partial charge is 0.191 e. The molecule has 152 valence electrons. The Morgan fingerprint density at radius 3 is 2.14 bits per heavy atom. The van der Waals surface area contributed by atoms with E-state index in [4.69, 9.17) is 0 Å². The predicted molar refractivity (Wildman–Crippen MR) is 125 cm³/mol. The van der Waals surface area contributed by atoms with Gasteiger partial charge in [0, 0.05) is 26.7 Å². The average Bonchev–Trinajstić information content (AvgIpc) is 3.19. The Morgan fingerprint density at radius 2 is 1.54 bits per heavy atom. The van der Waals surface area contributed by atoms with Crippen LogP contribution in [0.3, 0.4) is 0 Å². The van der Waals surface area contributed by atoms with E-state index in [-0.39, 0.29) is 29.8 Å². The molecule has 0 aliphatic carbocycles. The Bertz CT molecular complexity index is 771. The lowest BCUT2D eigenvalue weighted by Crippen LogP contribution is -2.36. The van der Waals surface area contributed by atoms with Gasteiger partial charge in [0.05, 0.1) is 0 Å². The van der Waals surface area contributed by atoms with Crippen molar-refractivity contribution < 1.29 is 4.39 Å². The number of rotatable bonds is 6. The zero-order valence-electron chi connectivity index (χ0n) is 16.7. The second-order valence-corrected chi connectivity index (χ2v) is 7.16. The zero-order valence-corrected chi connectivity index (χ0v) is 19.0. The molecule has 1 aliphatic rings. The molecule has 2 aromatic rings. The lowest BCUT2D eigenvalue weighted by atomic mass is 10.1. The molecule has 1 fully saturated rings. The minimum absolute atomic E-state index is 0. The van der Waals surface area contributed by atoms with E-state index >= 15 is 0 Å². The quantitative estimate of drug-likeness (QED) is 0.358. The highest BCUT2D eigenvalue weighted by atomic mass is 127. The second kappa shape index (κ2) is 11.4. The molecule has 1 heterocycles. The summed E-state index contributed by atoms with van der Waals surface area (Å²) in [6.45, 7) is 6.59. The first-order chi connectivity index (χ1) is 13.1. The van der Waals surface area contributed by atoms with Crippen LogP contribution in [0.1, 0.15) is 35.1 Å². The van der Waals surface area contributed by atoms with Gasteiger partial charge in [0.2, 0.25) is 0 Å². The van der Waals surface area contributed by atoms with E-state index in [0.29, 0.717) is 18.7 Å². The van der Waals surface area contributed by atoms with Crippen molar-refractivity contribution >= 4 is 29.9 Å². The van der Waals surface area contributed by atoms with Gasteiger partial charge in [0.1, 0.15) is 5.82 Å². The SMILES string of the molecule is CN=C(NCc1ccc(CN2CCCC2)cc1)NCc1ccc(F)c(C)c1.I. The first-order valence-electron chi connectivity index (χ1n) is 9.64. The third-order valence-electron chi connectivity index (χ3n) is 4.99. The van der Waals surface area contributed by atoms with Crippen LogP contribution in [0.4, 0.5) is 4.39 Å². The molecule has 0 aromatic heterocycles. The molecule has 0 saturated carbocycles. The van der Waals surface area contributed by atoms with Gasteiger partial charge in [-0.05, 0) is 61.2 Å². The van der Waals surface area contributed by atoms with E-state index in [1.165, 1.54) is 43.1 Å². The standard InChI is InChI=1S/C22H29FN4.HI/c1-17-13-20(9-10-21(17)23)15-26-22(24-2)25-14-18-5-7-19(8-6-18)16-27-11-3-4-12-27;/h5-10,13H,3-4,11-12,14-16H2,1-2H3,(H2,24,25,26);1H. The number of aryl methyl sites for hydroxylation is 1. The molecule has 2 N–H and O–H groups in total. The molecule has 0 atom stereocenters. The Labute approximate surface area is 184 Å². The fraction of sp³-hybridized carbons (Fsp3) is 0.409. The maximum Gasteiger partial charge on any atom is 0.191 e. The van der Waals surface area contributed by atoms with Gasteiger partial charge in [-0.15, -0.1) is 24.0 Å². The number of likely N-dealkylation sites (tertiary alicyclic amines) is 1. The molecular formula is C22H30FIN4. The van der Waals surface area contributed by atoms with Crippen LogP contribution in [0.2, 0.25) is 0 Å². The summed E-state index contributed by atoms with van der Waals surface area (Å²) in [5, 5.41) is 6.60. The molecule has 4 nitrogen and oxygen atoms in total. The van der Waals surface area contributed by atoms with Crippen LogP contribution in [0, 0.1) is 12.7 Å². The number of nitrogens with one attached hydrogen (secondary N) is 2. The second-order valence-electron chi connectivity index (χ2n) is 7.16. The maximum atomic E-state index is 13.4. The predicted octanol–water partition coefficient (Wildman–Crippen LogP) is 4.21. The molecule has 0 spiro atoms. The van der Waals surface area contributed by atoms with Gasteiger partial charge in [0.15, 0.2) is 5.96 Å². The number of aliphatic imine (C=N–C) groups is 1. The van der Waals surface area contributed by atoms with Gasteiger partial charge in [-0.2, -0.15) is 0 Å². The van der Waals surface area contributed by atoms with Crippen LogP contribution in [-0.2, 0) is 19.6 Å². The molecule has 1 saturated heterocycles. The minimum atomic E-state index is -0.172. The Balaban J connectivity index is 0.00000280. The fourth-order valence-electron chi connectivity index (χ4n) is 3.37. The molecule has 28 heavy (non-hydrogen) atoms. The van der Waals surface area contributed by atoms with Gasteiger partial charge < -0.3 is 10.6 Å². The van der Waals surface area contributed by atoms with Crippen LogP contribution < -0.4 is 10.6 Å². The average molecular weight is 496 g/mol. The van der Waals surface area contributed by atoms with Crippen molar-refractivity contribution in [1.29, 1.82) is 0 Å². The van der Waals surface area contributed by atoms with Crippen LogP contribution >= 0.6 is 24.0 Å². The van der Waals surface area contributed by atoms with E-state index in [1.54, 1.807) is 20.0 Å². The number of hydrogen-bond acceptors (Lipinski definition) is 2. The highest BCUT2D eigenvalue weighted by Crippen LogP contribution is 2.13. The van der Waals surface area contributed by atoms with Crippen molar-refractivity contribution in [3.8, 4) is 0 Å². The number of nitrogens with zero attached hydrogens (tertiary/aromatic N) is 2. The lowest BCUT2D eigenvalue weighted by Gasteiger charge is -2.15. The Morgan fingerprint density at radius 1 is 0.964 bits per heavy atom. The molecule has 0 amide bonds. The van der Waals surface area contributed by atoms with E-state index in [0.717, 1.165) is 18.1 Å². The van der Waals surface area contributed by atoms with Crippen LogP contribution in [-0.4, -0.2) is 31.0 Å². The molecule has 0 unspecified atom stereocenters. The summed E-state index contributed by atoms with van der Waals surface area (Å²) in [7, 11) is 1.75. The molecule has 3 rings (SSSR count). The largest absolute Gasteiger partial charge is 0.352 e. The highest BCUT2D eigenvalue weighted by Gasteiger charge is 2.11. The van der Waals surface area contributed by atoms with E-state index in [1.807, 2.05) is 6.07 Å². The summed E-state index contributed by atoms with van der Waals surface area (Å²) >= 11 is 0. The van der Waals surface area contributed by atoms with Gasteiger partial charge in [-0.3, -0.25) is 9.89 Å². The van der Waals surface area contributed by atoms with Crippen LogP contribution in [0.25, 0.3) is 0 Å². The van der Waals surface area contributed by atoms with Gasteiger partial charge in [0.25, 0.3) is 0 Å². The van der Waals surface area contributed by atoms with Gasteiger partial charge in [-0.25, -0.2) is 4.39 Å². The molecular weight excluding hydrogens is 466 g/mol. The summed E-state index contributed by atoms with van der Waals surface area (Å²) < 4.78 is 13.4. The minimum Gasteiger partial charge on any atom is -0.352 e. The third kappa shape index (κ3) is 6.74. The maximum absolute atomic E-state index is 13.4. The first-order valence-corrected chi connectivity index (χ1v) is 9.64. The zero-order chi connectivity index (χ0) is 19.1. The number of hydrogen-bond donors (Lipinski definition) is 2. The van der Waals surface area contributed by atoms with Crippen LogP contribution in [0.5, 0.6) is 0 Å². The molecule has 0 bridgehead atoms. The fourth-order valence-corrected chi connectivity index (χ4v) is 3.37. The first kappa shape index (κ1) is 22.6. The van der Waals surface area contributed by atoms with E-state index in [2.05, 4.69) is 44.8 Å². The Kier molecular flexibility index (Phi) is 9.18. The van der Waals surface area contributed by atoms with Crippen LogP contribution in [0.15, 0.2) is 47.5 Å². The molecule has 2 aromatic carbocycles. The topological polar surface area (TPSA) is 39.7 Å². The summed E-state index contributed by atoms with van der Waals surface area (Å²) in [6.07, 6.45) is 2.65. The Hall–Kier alpha value is -1.67. The molecule has 1 aliphatic heterocycles. The normalized spacial score (nSPS) is 14.6. The summed E-state index contributed by atoms with van der Waals surface area (Å²) in [6, 6.07) is 13.9. The highest BCUT2D eigenvalue weighted by molar-refractivity contribution is 14.0. The van der Waals surface area contributed by atoms with Crippen molar-refractivity contribution in [1.82, 2.24) is 15.5 Å². The van der Waals surface area contributed by atoms with Crippen molar-refractivity contribution in [3.63, 3.8) is 0 Å². The number of guanidine groups is 1. The number of benzene rings is 2. The number of halogens is 2. The third-order valence-corrected chi connectivity index (χ3v) is 4.99. The van der Waals surface area contributed by atoms with Gasteiger partial charge >= 0.3 is 0 Å². The molecule has 0 radical (unpaired) electrons. The van der Waals surface area contributed by atoms with Gasteiger partial charge in [-0.1, -0.05) is 36.4 Å². The monoisotopic (exact) mass is 496 g/mol. The van der Waals surface area contributed by atoms with E-state index < -0.39 is 0 Å².